The minimum atomic E-state index is -0.703. The minimum absolute atomic E-state index is 0.0557. The predicted octanol–water partition coefficient (Wildman–Crippen LogP) is 1.15. The molecule has 4 heteroatoms. The van der Waals surface area contributed by atoms with Crippen LogP contribution in [0.3, 0.4) is 0 Å². The summed E-state index contributed by atoms with van der Waals surface area (Å²) in [5.74, 6) is 0. The number of halogens is 1. The Hall–Kier alpha value is -0.640. The second-order valence-electron chi connectivity index (χ2n) is 2.43. The highest BCUT2D eigenvalue weighted by atomic mass is 35.5. The van der Waals surface area contributed by atoms with Gasteiger partial charge in [0.2, 0.25) is 0 Å². The molecule has 0 aliphatic rings. The first-order valence-electron chi connectivity index (χ1n) is 3.64. The Balaban J connectivity index is 2.79. The van der Waals surface area contributed by atoms with Gasteiger partial charge in [-0.05, 0) is 6.07 Å². The van der Waals surface area contributed by atoms with Crippen molar-refractivity contribution in [2.24, 2.45) is 0 Å². The Bertz CT molecular complexity index is 255. The van der Waals surface area contributed by atoms with Crippen molar-refractivity contribution in [1.82, 2.24) is 4.98 Å². The molecule has 0 saturated carbocycles. The Morgan fingerprint density at radius 1 is 1.58 bits per heavy atom. The van der Waals surface area contributed by atoms with Crippen LogP contribution in [0.1, 0.15) is 18.1 Å². The first kappa shape index (κ1) is 9.45. The molecule has 0 bridgehead atoms. The predicted molar refractivity (Wildman–Crippen MR) is 45.9 cm³/mol. The van der Waals surface area contributed by atoms with E-state index in [9.17, 15) is 5.11 Å². The molecule has 0 fully saturated rings. The van der Waals surface area contributed by atoms with Crippen LogP contribution in [0.2, 0.25) is 5.02 Å². The highest BCUT2D eigenvalue weighted by molar-refractivity contribution is 6.31. The normalized spacial score (nSPS) is 12.9. The van der Waals surface area contributed by atoms with Crippen molar-refractivity contribution in [3.8, 4) is 0 Å². The van der Waals surface area contributed by atoms with E-state index in [0.717, 1.165) is 0 Å². The Morgan fingerprint density at radius 2 is 2.33 bits per heavy atom. The van der Waals surface area contributed by atoms with Crippen molar-refractivity contribution >= 4 is 11.6 Å². The molecule has 0 aliphatic carbocycles. The van der Waals surface area contributed by atoms with Crippen molar-refractivity contribution in [1.29, 1.82) is 0 Å². The van der Waals surface area contributed by atoms with Crippen LogP contribution in [0.5, 0.6) is 0 Å². The van der Waals surface area contributed by atoms with Crippen molar-refractivity contribution in [3.05, 3.63) is 29.0 Å². The second-order valence-corrected chi connectivity index (χ2v) is 2.83. The van der Waals surface area contributed by atoms with Gasteiger partial charge < -0.3 is 10.2 Å². The number of rotatable bonds is 3. The average molecular weight is 188 g/mol. The summed E-state index contributed by atoms with van der Waals surface area (Å²) >= 11 is 5.75. The summed E-state index contributed by atoms with van der Waals surface area (Å²) in [6.45, 7) is -0.0557. The second kappa shape index (κ2) is 4.40. The fraction of sp³-hybridized carbons (Fsp3) is 0.375. The zero-order valence-corrected chi connectivity index (χ0v) is 7.20. The molecular formula is C8H10ClNO2. The smallest absolute Gasteiger partial charge is 0.0827 e. The van der Waals surface area contributed by atoms with E-state index in [-0.39, 0.29) is 6.61 Å². The average Bonchev–Trinajstić information content (AvgIpc) is 2.05. The van der Waals surface area contributed by atoms with Crippen molar-refractivity contribution in [2.45, 2.75) is 12.5 Å². The van der Waals surface area contributed by atoms with Gasteiger partial charge in [-0.3, -0.25) is 4.98 Å². The van der Waals surface area contributed by atoms with Crippen molar-refractivity contribution < 1.29 is 10.2 Å². The van der Waals surface area contributed by atoms with E-state index >= 15 is 0 Å². The topological polar surface area (TPSA) is 53.4 Å². The van der Waals surface area contributed by atoms with Gasteiger partial charge in [-0.15, -0.1) is 0 Å². The third kappa shape index (κ3) is 2.17. The molecular weight excluding hydrogens is 178 g/mol. The number of aliphatic hydroxyl groups excluding tert-OH is 2. The number of aliphatic hydroxyl groups is 2. The van der Waals surface area contributed by atoms with Crippen LogP contribution in [-0.2, 0) is 0 Å². The molecule has 1 unspecified atom stereocenters. The molecule has 0 aromatic carbocycles. The highest BCUT2D eigenvalue weighted by Crippen LogP contribution is 2.23. The van der Waals surface area contributed by atoms with Gasteiger partial charge in [0, 0.05) is 31.0 Å². The van der Waals surface area contributed by atoms with Gasteiger partial charge in [0.05, 0.1) is 11.1 Å². The summed E-state index contributed by atoms with van der Waals surface area (Å²) in [4.78, 5) is 3.78. The largest absolute Gasteiger partial charge is 0.396 e. The summed E-state index contributed by atoms with van der Waals surface area (Å²) in [6, 6.07) is 1.64. The van der Waals surface area contributed by atoms with Crippen LogP contribution in [0.15, 0.2) is 18.5 Å². The lowest BCUT2D eigenvalue weighted by molar-refractivity contribution is 0.134. The maximum Gasteiger partial charge on any atom is 0.0827 e. The highest BCUT2D eigenvalue weighted by Gasteiger charge is 2.09. The fourth-order valence-electron chi connectivity index (χ4n) is 0.934. The summed E-state index contributed by atoms with van der Waals surface area (Å²) in [6.07, 6.45) is 2.62. The summed E-state index contributed by atoms with van der Waals surface area (Å²) in [5.41, 5.74) is 0.612. The van der Waals surface area contributed by atoms with Gasteiger partial charge in [0.25, 0.3) is 0 Å². The molecule has 2 N–H and O–H groups in total. The van der Waals surface area contributed by atoms with Crippen molar-refractivity contribution in [2.75, 3.05) is 6.61 Å². The Labute approximate surface area is 75.6 Å². The quantitative estimate of drug-likeness (QED) is 0.747. The Kier molecular flexibility index (Phi) is 3.47. The number of nitrogens with zero attached hydrogens (tertiary/aromatic N) is 1. The van der Waals surface area contributed by atoms with E-state index in [1.165, 1.54) is 6.20 Å². The number of aromatic nitrogens is 1. The standard InChI is InChI=1S/C8H10ClNO2/c9-7-5-10-3-1-6(7)8(12)2-4-11/h1,3,5,8,11-12H,2,4H2. The lowest BCUT2D eigenvalue weighted by atomic mass is 10.1. The summed E-state index contributed by atoms with van der Waals surface area (Å²) in [7, 11) is 0. The molecule has 1 rings (SSSR count). The number of pyridine rings is 1. The van der Waals surface area contributed by atoms with Gasteiger partial charge >= 0.3 is 0 Å². The molecule has 12 heavy (non-hydrogen) atoms. The van der Waals surface area contributed by atoms with Gasteiger partial charge in [-0.1, -0.05) is 11.6 Å². The van der Waals surface area contributed by atoms with E-state index in [1.807, 2.05) is 0 Å². The molecule has 66 valence electrons. The minimum Gasteiger partial charge on any atom is -0.396 e. The molecule has 1 heterocycles. The third-order valence-corrected chi connectivity index (χ3v) is 1.88. The zero-order valence-electron chi connectivity index (χ0n) is 6.44. The molecule has 1 aromatic heterocycles. The van der Waals surface area contributed by atoms with Crippen LogP contribution in [-0.4, -0.2) is 21.8 Å². The maximum atomic E-state index is 9.43. The summed E-state index contributed by atoms with van der Waals surface area (Å²) in [5, 5.41) is 18.4. The zero-order chi connectivity index (χ0) is 8.97. The van der Waals surface area contributed by atoms with E-state index < -0.39 is 6.10 Å². The van der Waals surface area contributed by atoms with E-state index in [1.54, 1.807) is 12.3 Å². The van der Waals surface area contributed by atoms with Crippen LogP contribution >= 0.6 is 11.6 Å². The summed E-state index contributed by atoms with van der Waals surface area (Å²) < 4.78 is 0. The monoisotopic (exact) mass is 187 g/mol. The van der Waals surface area contributed by atoms with Crippen LogP contribution in [0.25, 0.3) is 0 Å². The van der Waals surface area contributed by atoms with Gasteiger partial charge in [0.1, 0.15) is 0 Å². The number of hydrogen-bond donors (Lipinski definition) is 2. The molecule has 0 saturated heterocycles. The Morgan fingerprint density at radius 3 is 2.92 bits per heavy atom. The molecule has 0 aliphatic heterocycles. The first-order chi connectivity index (χ1) is 5.75. The molecule has 0 amide bonds. The van der Waals surface area contributed by atoms with Crippen LogP contribution < -0.4 is 0 Å². The molecule has 1 aromatic rings. The molecule has 0 radical (unpaired) electrons. The van der Waals surface area contributed by atoms with Crippen LogP contribution in [0.4, 0.5) is 0 Å². The van der Waals surface area contributed by atoms with Gasteiger partial charge in [0.15, 0.2) is 0 Å². The van der Waals surface area contributed by atoms with E-state index in [2.05, 4.69) is 4.98 Å². The van der Waals surface area contributed by atoms with Gasteiger partial charge in [-0.25, -0.2) is 0 Å². The lowest BCUT2D eigenvalue weighted by Crippen LogP contribution is -2.00. The maximum absolute atomic E-state index is 9.43. The molecule has 3 nitrogen and oxygen atoms in total. The van der Waals surface area contributed by atoms with Crippen molar-refractivity contribution in [3.63, 3.8) is 0 Å². The van der Waals surface area contributed by atoms with E-state index in [4.69, 9.17) is 16.7 Å². The SMILES string of the molecule is OCCC(O)c1ccncc1Cl. The lowest BCUT2D eigenvalue weighted by Gasteiger charge is -2.09. The molecule has 0 spiro atoms. The van der Waals surface area contributed by atoms with Gasteiger partial charge in [-0.2, -0.15) is 0 Å². The third-order valence-electron chi connectivity index (χ3n) is 1.57. The van der Waals surface area contributed by atoms with Crippen LogP contribution in [0, 0.1) is 0 Å². The molecule has 1 atom stereocenters. The fourth-order valence-corrected chi connectivity index (χ4v) is 1.18. The van der Waals surface area contributed by atoms with E-state index in [0.29, 0.717) is 17.0 Å². The first-order valence-corrected chi connectivity index (χ1v) is 4.02. The number of hydrogen-bond acceptors (Lipinski definition) is 3.